The first kappa shape index (κ1) is 21.1. The van der Waals surface area contributed by atoms with Gasteiger partial charge < -0.3 is 15.1 Å². The zero-order valence-electron chi connectivity index (χ0n) is 17.2. The summed E-state index contributed by atoms with van der Waals surface area (Å²) in [4.78, 5) is 9.16. The number of aryl methyl sites for hydroxylation is 1. The summed E-state index contributed by atoms with van der Waals surface area (Å²) in [5, 5.41) is 8.55. The third kappa shape index (κ3) is 5.07. The number of aliphatic imine (C=N–C) groups is 1. The Kier molecular flexibility index (Phi) is 6.44. The fourth-order valence-corrected chi connectivity index (χ4v) is 4.17. The van der Waals surface area contributed by atoms with Crippen LogP contribution in [0.5, 0.6) is 0 Å². The van der Waals surface area contributed by atoms with Crippen molar-refractivity contribution in [1.29, 1.82) is 0 Å². The smallest absolute Gasteiger partial charge is 0.238 e. The number of benzene rings is 2. The van der Waals surface area contributed by atoms with Crippen LogP contribution in [0.4, 0.5) is 5.69 Å². The minimum Gasteiger partial charge on any atom is -0.368 e. The van der Waals surface area contributed by atoms with Gasteiger partial charge in [-0.2, -0.15) is 0 Å². The van der Waals surface area contributed by atoms with Gasteiger partial charge in [0.1, 0.15) is 0 Å². The minimum atomic E-state index is -3.70. The van der Waals surface area contributed by atoms with Crippen LogP contribution in [0.1, 0.15) is 16.7 Å². The van der Waals surface area contributed by atoms with Crippen molar-refractivity contribution >= 4 is 21.7 Å². The first-order chi connectivity index (χ1) is 13.8. The van der Waals surface area contributed by atoms with Crippen LogP contribution in [0.25, 0.3) is 0 Å². The van der Waals surface area contributed by atoms with Crippen LogP contribution in [-0.2, 0) is 16.6 Å². The SMILES string of the molecule is CN=C(NCc1cccc(S(N)(=O)=O)c1)N1CCN(c2cccc(C)c2C)CC1. The molecule has 0 amide bonds. The van der Waals surface area contributed by atoms with Crippen molar-refractivity contribution in [2.45, 2.75) is 25.3 Å². The van der Waals surface area contributed by atoms with E-state index >= 15 is 0 Å². The predicted molar refractivity (Wildman–Crippen MR) is 118 cm³/mol. The molecule has 0 atom stereocenters. The molecule has 1 heterocycles. The molecule has 1 saturated heterocycles. The summed E-state index contributed by atoms with van der Waals surface area (Å²) < 4.78 is 23.1. The Morgan fingerprint density at radius 1 is 1.10 bits per heavy atom. The van der Waals surface area contributed by atoms with E-state index in [4.69, 9.17) is 5.14 Å². The number of piperazine rings is 1. The molecule has 0 bridgehead atoms. The number of hydrogen-bond donors (Lipinski definition) is 2. The van der Waals surface area contributed by atoms with Gasteiger partial charge in [-0.05, 0) is 48.7 Å². The Hall–Kier alpha value is -2.58. The molecule has 0 aromatic heterocycles. The van der Waals surface area contributed by atoms with E-state index in [0.717, 1.165) is 37.7 Å². The van der Waals surface area contributed by atoms with Crippen LogP contribution in [0, 0.1) is 13.8 Å². The van der Waals surface area contributed by atoms with E-state index in [-0.39, 0.29) is 4.90 Å². The van der Waals surface area contributed by atoms with Gasteiger partial charge in [0, 0.05) is 45.5 Å². The summed E-state index contributed by atoms with van der Waals surface area (Å²) in [7, 11) is -1.94. The van der Waals surface area contributed by atoms with Crippen molar-refractivity contribution in [1.82, 2.24) is 10.2 Å². The zero-order chi connectivity index (χ0) is 21.0. The molecule has 2 aromatic carbocycles. The molecule has 29 heavy (non-hydrogen) atoms. The van der Waals surface area contributed by atoms with E-state index in [1.807, 2.05) is 6.07 Å². The monoisotopic (exact) mass is 415 g/mol. The van der Waals surface area contributed by atoms with Crippen molar-refractivity contribution in [3.05, 3.63) is 59.2 Å². The van der Waals surface area contributed by atoms with E-state index < -0.39 is 10.0 Å². The van der Waals surface area contributed by atoms with E-state index in [1.54, 1.807) is 19.2 Å². The van der Waals surface area contributed by atoms with E-state index in [9.17, 15) is 8.42 Å². The summed E-state index contributed by atoms with van der Waals surface area (Å²) in [6.07, 6.45) is 0. The Morgan fingerprint density at radius 2 is 1.79 bits per heavy atom. The lowest BCUT2D eigenvalue weighted by molar-refractivity contribution is 0.372. The second-order valence-corrected chi connectivity index (χ2v) is 8.85. The molecule has 7 nitrogen and oxygen atoms in total. The number of rotatable bonds is 4. The highest BCUT2D eigenvalue weighted by atomic mass is 32.2. The molecular formula is C21H29N5O2S. The lowest BCUT2D eigenvalue weighted by Crippen LogP contribution is -2.52. The third-order valence-electron chi connectivity index (χ3n) is 5.39. The fraction of sp³-hybridized carbons (Fsp3) is 0.381. The average molecular weight is 416 g/mol. The molecule has 0 aliphatic carbocycles. The van der Waals surface area contributed by atoms with Crippen molar-refractivity contribution in [2.24, 2.45) is 10.1 Å². The van der Waals surface area contributed by atoms with Crippen molar-refractivity contribution in [3.63, 3.8) is 0 Å². The largest absolute Gasteiger partial charge is 0.368 e. The number of guanidine groups is 1. The summed E-state index contributed by atoms with van der Waals surface area (Å²) in [5.74, 6) is 0.812. The van der Waals surface area contributed by atoms with Crippen molar-refractivity contribution in [3.8, 4) is 0 Å². The Morgan fingerprint density at radius 3 is 2.45 bits per heavy atom. The van der Waals surface area contributed by atoms with Gasteiger partial charge >= 0.3 is 0 Å². The number of anilines is 1. The lowest BCUT2D eigenvalue weighted by atomic mass is 10.1. The third-order valence-corrected chi connectivity index (χ3v) is 6.30. The van der Waals surface area contributed by atoms with Crippen LogP contribution in [0.2, 0.25) is 0 Å². The molecule has 3 N–H and O–H groups in total. The number of primary sulfonamides is 1. The number of nitrogens with zero attached hydrogens (tertiary/aromatic N) is 3. The molecule has 0 saturated carbocycles. The van der Waals surface area contributed by atoms with Gasteiger partial charge in [0.05, 0.1) is 4.90 Å². The molecule has 0 radical (unpaired) electrons. The van der Waals surface area contributed by atoms with Crippen molar-refractivity contribution < 1.29 is 8.42 Å². The molecule has 3 rings (SSSR count). The zero-order valence-corrected chi connectivity index (χ0v) is 18.0. The standard InChI is InChI=1S/C21H29N5O2S/c1-16-6-4-9-20(17(16)2)25-10-12-26(13-11-25)21(23-3)24-15-18-7-5-8-19(14-18)29(22,27)28/h4-9,14H,10-13,15H2,1-3H3,(H,23,24)(H2,22,27,28). The summed E-state index contributed by atoms with van der Waals surface area (Å²) in [6.45, 7) is 8.37. The molecule has 8 heteroatoms. The van der Waals surface area contributed by atoms with E-state index in [1.165, 1.54) is 22.9 Å². The second kappa shape index (κ2) is 8.84. The van der Waals surface area contributed by atoms with Gasteiger partial charge in [-0.1, -0.05) is 24.3 Å². The van der Waals surface area contributed by atoms with E-state index in [0.29, 0.717) is 6.54 Å². The molecule has 0 unspecified atom stereocenters. The van der Waals surface area contributed by atoms with Crippen LogP contribution in [0.3, 0.4) is 0 Å². The van der Waals surface area contributed by atoms with Crippen LogP contribution in [-0.4, -0.2) is 52.5 Å². The van der Waals surface area contributed by atoms with Gasteiger partial charge in [0.2, 0.25) is 10.0 Å². The maximum atomic E-state index is 11.5. The molecule has 2 aromatic rings. The van der Waals surface area contributed by atoms with Crippen LogP contribution in [0.15, 0.2) is 52.4 Å². The molecule has 1 aliphatic heterocycles. The normalized spacial score (nSPS) is 15.5. The van der Waals surface area contributed by atoms with Gasteiger partial charge in [-0.3, -0.25) is 4.99 Å². The number of hydrogen-bond acceptors (Lipinski definition) is 4. The Balaban J connectivity index is 1.60. The summed E-state index contributed by atoms with van der Waals surface area (Å²) in [5.41, 5.74) is 4.78. The summed E-state index contributed by atoms with van der Waals surface area (Å²) >= 11 is 0. The molecular weight excluding hydrogens is 386 g/mol. The topological polar surface area (TPSA) is 91.0 Å². The van der Waals surface area contributed by atoms with Gasteiger partial charge in [0.15, 0.2) is 5.96 Å². The van der Waals surface area contributed by atoms with E-state index in [2.05, 4.69) is 52.2 Å². The highest BCUT2D eigenvalue weighted by Crippen LogP contribution is 2.23. The summed E-state index contributed by atoms with van der Waals surface area (Å²) in [6, 6.07) is 13.1. The Labute approximate surface area is 173 Å². The second-order valence-electron chi connectivity index (χ2n) is 7.29. The molecule has 1 fully saturated rings. The quantitative estimate of drug-likeness (QED) is 0.587. The average Bonchev–Trinajstić information content (AvgIpc) is 2.71. The number of sulfonamides is 1. The minimum absolute atomic E-state index is 0.119. The molecule has 156 valence electrons. The molecule has 0 spiro atoms. The fourth-order valence-electron chi connectivity index (χ4n) is 3.58. The van der Waals surface area contributed by atoms with Gasteiger partial charge in [-0.25, -0.2) is 13.6 Å². The molecule has 1 aliphatic rings. The van der Waals surface area contributed by atoms with Crippen LogP contribution >= 0.6 is 0 Å². The number of nitrogens with two attached hydrogens (primary N) is 1. The first-order valence-electron chi connectivity index (χ1n) is 9.68. The maximum absolute atomic E-state index is 11.5. The van der Waals surface area contributed by atoms with Gasteiger partial charge in [0.25, 0.3) is 0 Å². The number of nitrogens with one attached hydrogen (secondary N) is 1. The first-order valence-corrected chi connectivity index (χ1v) is 11.2. The van der Waals surface area contributed by atoms with Crippen LogP contribution < -0.4 is 15.4 Å². The van der Waals surface area contributed by atoms with Gasteiger partial charge in [-0.15, -0.1) is 0 Å². The Bertz CT molecular complexity index is 996. The highest BCUT2D eigenvalue weighted by Gasteiger charge is 2.21. The lowest BCUT2D eigenvalue weighted by Gasteiger charge is -2.38. The predicted octanol–water partition coefficient (Wildman–Crippen LogP) is 1.85. The van der Waals surface area contributed by atoms with Crippen molar-refractivity contribution in [2.75, 3.05) is 38.1 Å². The highest BCUT2D eigenvalue weighted by molar-refractivity contribution is 7.89. The maximum Gasteiger partial charge on any atom is 0.238 e.